The number of phenols is 1. The molecular weight excluding hydrogens is 475 g/mol. The Bertz CT molecular complexity index is 1360. The van der Waals surface area contributed by atoms with E-state index in [1.54, 1.807) is 35.4 Å². The summed E-state index contributed by atoms with van der Waals surface area (Å²) in [4.78, 5) is 19.4. The van der Waals surface area contributed by atoms with Gasteiger partial charge in [0.2, 0.25) is 5.91 Å². The number of anilines is 1. The number of thioether (sulfide) groups is 1. The number of halogens is 1. The number of carbonyl (C=O) groups is 1. The molecule has 0 aliphatic carbocycles. The number of aromatic hydroxyl groups is 1. The topological polar surface area (TPSA) is 73.7 Å². The summed E-state index contributed by atoms with van der Waals surface area (Å²) in [6.45, 7) is 1.96. The fraction of sp³-hybridized carbons (Fsp3) is 0.172. The Hall–Kier alpha value is -3.68. The second kappa shape index (κ2) is 10.1. The molecule has 5 nitrogen and oxygen atoms in total. The molecule has 2 heterocycles. The van der Waals surface area contributed by atoms with Gasteiger partial charge in [0.1, 0.15) is 16.8 Å². The second-order valence-electron chi connectivity index (χ2n) is 8.75. The molecule has 36 heavy (non-hydrogen) atoms. The van der Waals surface area contributed by atoms with Gasteiger partial charge in [-0.25, -0.2) is 4.39 Å². The van der Waals surface area contributed by atoms with Crippen molar-refractivity contribution in [2.75, 3.05) is 10.7 Å². The fourth-order valence-corrected chi connectivity index (χ4v) is 5.77. The van der Waals surface area contributed by atoms with Gasteiger partial charge in [-0.05, 0) is 66.1 Å². The summed E-state index contributed by atoms with van der Waals surface area (Å²) in [5.74, 6) is 0.0437. The molecule has 3 atom stereocenters. The summed E-state index contributed by atoms with van der Waals surface area (Å²) in [6, 6.07) is 24.1. The highest BCUT2D eigenvalue weighted by Crippen LogP contribution is 2.46. The Morgan fingerprint density at radius 3 is 2.36 bits per heavy atom. The van der Waals surface area contributed by atoms with E-state index in [1.165, 1.54) is 23.9 Å². The lowest BCUT2D eigenvalue weighted by Crippen LogP contribution is -2.57. The van der Waals surface area contributed by atoms with Crippen molar-refractivity contribution in [1.82, 2.24) is 4.98 Å². The van der Waals surface area contributed by atoms with E-state index in [-0.39, 0.29) is 23.5 Å². The van der Waals surface area contributed by atoms with Crippen LogP contribution in [-0.4, -0.2) is 32.1 Å². The number of hydrogen-bond donors (Lipinski definition) is 2. The number of carbonyl (C=O) groups excluding carboxylic acids is 1. The van der Waals surface area contributed by atoms with Crippen molar-refractivity contribution >= 4 is 23.4 Å². The molecule has 0 spiro atoms. The summed E-state index contributed by atoms with van der Waals surface area (Å²) < 4.78 is 13.2. The molecule has 1 saturated heterocycles. The first kappa shape index (κ1) is 24.0. The minimum atomic E-state index is -0.820. The number of nitrogens with zero attached hydrogens (tertiary/aromatic N) is 2. The Kier molecular flexibility index (Phi) is 6.76. The standard InChI is InChI=1S/C29H25FN2O3S/c1-18-25(3-2-16-31-18)19-6-12-23(13-7-19)32-27(21-8-14-24(33)15-9-21)28(29(32)35)36-17-26(34)20-4-10-22(30)11-5-20/h2-16,26-28,33-34H,17H2,1H3/t26-,27+,28+/m0/s1. The molecule has 1 aliphatic heterocycles. The predicted molar refractivity (Wildman–Crippen MR) is 140 cm³/mol. The van der Waals surface area contributed by atoms with Crippen molar-refractivity contribution in [3.05, 3.63) is 114 Å². The number of rotatable bonds is 7. The molecule has 1 fully saturated rings. The van der Waals surface area contributed by atoms with Crippen LogP contribution >= 0.6 is 11.8 Å². The average Bonchev–Trinajstić information content (AvgIpc) is 2.89. The lowest BCUT2D eigenvalue weighted by molar-refractivity contribution is -0.123. The number of pyridine rings is 1. The summed E-state index contributed by atoms with van der Waals surface area (Å²) in [7, 11) is 0. The van der Waals surface area contributed by atoms with Gasteiger partial charge in [0.15, 0.2) is 0 Å². The summed E-state index contributed by atoms with van der Waals surface area (Å²) in [5.41, 5.74) is 5.27. The van der Waals surface area contributed by atoms with Crippen LogP contribution in [0.5, 0.6) is 5.75 Å². The van der Waals surface area contributed by atoms with Gasteiger partial charge in [0.05, 0.1) is 12.1 Å². The smallest absolute Gasteiger partial charge is 0.243 e. The van der Waals surface area contributed by atoms with E-state index in [9.17, 15) is 19.4 Å². The van der Waals surface area contributed by atoms with Crippen LogP contribution in [0.3, 0.4) is 0 Å². The lowest BCUT2D eigenvalue weighted by Gasteiger charge is -2.47. The van der Waals surface area contributed by atoms with Crippen LogP contribution in [0.25, 0.3) is 11.1 Å². The van der Waals surface area contributed by atoms with Crippen LogP contribution in [0.2, 0.25) is 0 Å². The molecule has 1 amide bonds. The zero-order chi connectivity index (χ0) is 25.2. The number of aliphatic hydroxyl groups excluding tert-OH is 1. The molecule has 3 aromatic carbocycles. The van der Waals surface area contributed by atoms with Crippen molar-refractivity contribution < 1.29 is 19.4 Å². The third kappa shape index (κ3) is 4.72. The first-order valence-corrected chi connectivity index (χ1v) is 12.7. The van der Waals surface area contributed by atoms with Gasteiger partial charge in [0, 0.05) is 28.9 Å². The highest BCUT2D eigenvalue weighted by molar-refractivity contribution is 8.00. The van der Waals surface area contributed by atoms with Crippen molar-refractivity contribution in [3.63, 3.8) is 0 Å². The molecule has 7 heteroatoms. The maximum atomic E-state index is 13.3. The highest BCUT2D eigenvalue weighted by atomic mass is 32.2. The van der Waals surface area contributed by atoms with Gasteiger partial charge in [-0.15, -0.1) is 11.8 Å². The zero-order valence-corrected chi connectivity index (χ0v) is 20.4. The molecule has 0 radical (unpaired) electrons. The van der Waals surface area contributed by atoms with Crippen LogP contribution in [0.4, 0.5) is 10.1 Å². The van der Waals surface area contributed by atoms with E-state index in [1.807, 2.05) is 55.5 Å². The minimum Gasteiger partial charge on any atom is -0.508 e. The number of amides is 1. The predicted octanol–water partition coefficient (Wildman–Crippen LogP) is 5.83. The third-order valence-electron chi connectivity index (χ3n) is 6.43. The van der Waals surface area contributed by atoms with Gasteiger partial charge >= 0.3 is 0 Å². The Balaban J connectivity index is 1.38. The molecule has 2 N–H and O–H groups in total. The monoisotopic (exact) mass is 500 g/mol. The van der Waals surface area contributed by atoms with Gasteiger partial charge in [-0.2, -0.15) is 0 Å². The molecular formula is C29H25FN2O3S. The molecule has 182 valence electrons. The Labute approximate surface area is 213 Å². The number of aliphatic hydroxyl groups is 1. The Morgan fingerprint density at radius 2 is 1.69 bits per heavy atom. The second-order valence-corrected chi connectivity index (χ2v) is 9.92. The SMILES string of the molecule is Cc1ncccc1-c1ccc(N2C(=O)[C@H](SC[C@H](O)c3ccc(F)cc3)[C@H]2c2ccc(O)cc2)cc1. The molecule has 5 rings (SSSR count). The third-order valence-corrected chi connectivity index (χ3v) is 7.76. The molecule has 0 bridgehead atoms. The van der Waals surface area contributed by atoms with Crippen molar-refractivity contribution in [1.29, 1.82) is 0 Å². The van der Waals surface area contributed by atoms with E-state index >= 15 is 0 Å². The van der Waals surface area contributed by atoms with Gasteiger partial charge in [-0.3, -0.25) is 9.78 Å². The van der Waals surface area contributed by atoms with E-state index in [4.69, 9.17) is 0 Å². The van der Waals surface area contributed by atoms with E-state index < -0.39 is 11.4 Å². The van der Waals surface area contributed by atoms with E-state index in [2.05, 4.69) is 4.98 Å². The summed E-state index contributed by atoms with van der Waals surface area (Å²) in [6.07, 6.45) is 0.943. The largest absolute Gasteiger partial charge is 0.508 e. The first-order chi connectivity index (χ1) is 17.4. The van der Waals surface area contributed by atoms with Crippen LogP contribution in [-0.2, 0) is 4.79 Å². The van der Waals surface area contributed by atoms with E-state index in [0.717, 1.165) is 28.1 Å². The number of benzene rings is 3. The van der Waals surface area contributed by atoms with Crippen LogP contribution in [0, 0.1) is 12.7 Å². The van der Waals surface area contributed by atoms with Crippen molar-refractivity contribution in [2.24, 2.45) is 0 Å². The highest BCUT2D eigenvalue weighted by Gasteiger charge is 2.49. The van der Waals surface area contributed by atoms with Gasteiger partial charge in [-0.1, -0.05) is 42.5 Å². The molecule has 1 aromatic heterocycles. The molecule has 0 saturated carbocycles. The fourth-order valence-electron chi connectivity index (χ4n) is 4.48. The van der Waals surface area contributed by atoms with E-state index in [0.29, 0.717) is 11.3 Å². The maximum absolute atomic E-state index is 13.3. The summed E-state index contributed by atoms with van der Waals surface area (Å²) in [5, 5.41) is 20.0. The minimum absolute atomic E-state index is 0.0466. The van der Waals surface area contributed by atoms with Crippen molar-refractivity contribution in [2.45, 2.75) is 24.3 Å². The lowest BCUT2D eigenvalue weighted by atomic mass is 9.92. The molecule has 4 aromatic rings. The van der Waals surface area contributed by atoms with Crippen LogP contribution in [0.1, 0.15) is 29.0 Å². The quantitative estimate of drug-likeness (QED) is 0.313. The molecule has 0 unspecified atom stereocenters. The van der Waals surface area contributed by atoms with Gasteiger partial charge < -0.3 is 15.1 Å². The number of phenolic OH excluding ortho intramolecular Hbond substituents is 1. The zero-order valence-electron chi connectivity index (χ0n) is 19.6. The Morgan fingerprint density at radius 1 is 1.00 bits per heavy atom. The number of β-lactam (4-membered cyclic amide) rings is 1. The summed E-state index contributed by atoms with van der Waals surface area (Å²) >= 11 is 1.38. The normalized spacial score (nSPS) is 18.1. The van der Waals surface area contributed by atoms with Crippen LogP contribution in [0.15, 0.2) is 91.1 Å². The number of aryl methyl sites for hydroxylation is 1. The van der Waals surface area contributed by atoms with Crippen molar-refractivity contribution in [3.8, 4) is 16.9 Å². The molecule has 1 aliphatic rings. The maximum Gasteiger partial charge on any atom is 0.243 e. The first-order valence-electron chi connectivity index (χ1n) is 11.6. The van der Waals surface area contributed by atoms with Crippen LogP contribution < -0.4 is 4.90 Å². The number of aromatic nitrogens is 1. The average molecular weight is 501 g/mol. The number of hydrogen-bond acceptors (Lipinski definition) is 5. The van der Waals surface area contributed by atoms with Gasteiger partial charge in [0.25, 0.3) is 0 Å².